The van der Waals surface area contributed by atoms with Gasteiger partial charge >= 0.3 is 12.1 Å². The zero-order valence-corrected chi connectivity index (χ0v) is 18.1. The number of carbonyl (C=O) groups excluding carboxylic acids is 1. The lowest BCUT2D eigenvalue weighted by molar-refractivity contribution is -0.192. The van der Waals surface area contributed by atoms with E-state index in [9.17, 15) is 18.0 Å². The summed E-state index contributed by atoms with van der Waals surface area (Å²) in [7, 11) is 0. The predicted octanol–water partition coefficient (Wildman–Crippen LogP) is 3.50. The van der Waals surface area contributed by atoms with Crippen LogP contribution in [0.1, 0.15) is 35.1 Å². The minimum atomic E-state index is -5.08. The molecule has 0 bridgehead atoms. The lowest BCUT2D eigenvalue weighted by atomic mass is 10.1. The maximum absolute atomic E-state index is 12.7. The number of amides is 1. The molecule has 1 fully saturated rings. The molecule has 0 unspecified atom stereocenters. The van der Waals surface area contributed by atoms with Crippen LogP contribution in [0.5, 0.6) is 0 Å². The van der Waals surface area contributed by atoms with E-state index in [-0.39, 0.29) is 5.91 Å². The van der Waals surface area contributed by atoms with Crippen molar-refractivity contribution in [3.05, 3.63) is 60.2 Å². The Balaban J connectivity index is 0.000000364. The number of hydrogen-bond acceptors (Lipinski definition) is 6. The normalized spacial score (nSPS) is 13.3. The van der Waals surface area contributed by atoms with Gasteiger partial charge in [0.05, 0.1) is 23.9 Å². The van der Waals surface area contributed by atoms with Crippen LogP contribution < -0.4 is 11.1 Å². The number of nitrogens with one attached hydrogen (secondary N) is 2. The Labute approximate surface area is 196 Å². The van der Waals surface area contributed by atoms with Crippen LogP contribution in [0, 0.1) is 0 Å². The maximum atomic E-state index is 12.7. The highest BCUT2D eigenvalue weighted by molar-refractivity contribution is 6.06. The molecule has 35 heavy (non-hydrogen) atoms. The largest absolute Gasteiger partial charge is 0.490 e. The molecule has 1 aliphatic rings. The van der Waals surface area contributed by atoms with Crippen molar-refractivity contribution in [2.45, 2.75) is 31.6 Å². The zero-order chi connectivity index (χ0) is 25.2. The zero-order valence-electron chi connectivity index (χ0n) is 18.1. The van der Waals surface area contributed by atoms with Crippen LogP contribution in [-0.2, 0) is 11.3 Å². The topological polar surface area (TPSA) is 152 Å². The predicted molar refractivity (Wildman–Crippen MR) is 119 cm³/mol. The summed E-state index contributed by atoms with van der Waals surface area (Å²) < 4.78 is 33.9. The number of alkyl halides is 3. The molecule has 1 saturated carbocycles. The molecule has 0 aliphatic heterocycles. The number of carboxylic acids is 1. The summed E-state index contributed by atoms with van der Waals surface area (Å²) in [6, 6.07) is 13.5. The third-order valence-electron chi connectivity index (χ3n) is 5.15. The lowest BCUT2D eigenvalue weighted by Crippen LogP contribution is -2.21. The molecular formula is C22H20F3N7O3. The van der Waals surface area contributed by atoms with Gasteiger partial charge in [0.15, 0.2) is 5.82 Å². The third kappa shape index (κ3) is 5.63. The monoisotopic (exact) mass is 487 g/mol. The van der Waals surface area contributed by atoms with Gasteiger partial charge in [0, 0.05) is 22.9 Å². The molecule has 10 nitrogen and oxygen atoms in total. The Hall–Kier alpha value is -4.26. The van der Waals surface area contributed by atoms with Crippen molar-refractivity contribution < 1.29 is 27.9 Å². The number of imidazole rings is 1. The molecule has 2 aromatic heterocycles. The SMILES string of the molecule is NCc1nc(-c2ccc(NC(=O)c3ccc4ncn(C5CC5)c4c3)cc2)n[nH]1.O=C(O)C(F)(F)F. The second kappa shape index (κ2) is 9.54. The van der Waals surface area contributed by atoms with E-state index in [1.165, 1.54) is 12.8 Å². The van der Waals surface area contributed by atoms with E-state index in [2.05, 4.69) is 30.0 Å². The van der Waals surface area contributed by atoms with Crippen LogP contribution in [-0.4, -0.2) is 47.9 Å². The van der Waals surface area contributed by atoms with Gasteiger partial charge in [0.2, 0.25) is 0 Å². The van der Waals surface area contributed by atoms with Crippen molar-refractivity contribution in [3.63, 3.8) is 0 Å². The molecule has 2 aromatic carbocycles. The van der Waals surface area contributed by atoms with E-state index in [1.54, 1.807) is 6.07 Å². The van der Waals surface area contributed by atoms with Crippen LogP contribution in [0.15, 0.2) is 48.8 Å². The number of anilines is 1. The van der Waals surface area contributed by atoms with Gasteiger partial charge in [-0.1, -0.05) is 0 Å². The van der Waals surface area contributed by atoms with Gasteiger partial charge in [-0.15, -0.1) is 0 Å². The van der Waals surface area contributed by atoms with Crippen molar-refractivity contribution in [2.75, 3.05) is 5.32 Å². The summed E-state index contributed by atoms with van der Waals surface area (Å²) in [6.45, 7) is 0.311. The molecule has 1 aliphatic carbocycles. The standard InChI is InChI=1S/C20H19N7O.C2HF3O2/c21-10-18-24-19(26-25-18)12-1-4-14(5-2-12)23-20(28)13-3-8-16-17(9-13)27(11-22-16)15-6-7-15;3-2(4,5)1(6)7/h1-5,8-9,11,15H,6-7,10,21H2,(H,23,28)(H,24,25,26);(H,6,7). The number of hydrogen-bond donors (Lipinski definition) is 4. The fraction of sp³-hybridized carbons (Fsp3) is 0.227. The van der Waals surface area contributed by atoms with E-state index in [1.807, 2.05) is 42.7 Å². The first-order chi connectivity index (χ1) is 16.7. The number of carbonyl (C=O) groups is 2. The molecule has 0 spiro atoms. The molecule has 182 valence electrons. The number of fused-ring (bicyclic) bond motifs is 1. The number of halogens is 3. The van der Waals surface area contributed by atoms with Crippen molar-refractivity contribution in [1.29, 1.82) is 0 Å². The number of carboxylic acid groups (broad SMARTS) is 1. The van der Waals surface area contributed by atoms with Crippen molar-refractivity contribution in [1.82, 2.24) is 24.7 Å². The second-order valence-corrected chi connectivity index (χ2v) is 7.73. The van der Waals surface area contributed by atoms with Gasteiger partial charge in [-0.25, -0.2) is 14.8 Å². The minimum Gasteiger partial charge on any atom is -0.475 e. The fourth-order valence-electron chi connectivity index (χ4n) is 3.23. The lowest BCUT2D eigenvalue weighted by Gasteiger charge is -2.07. The molecule has 4 aromatic rings. The first-order valence-electron chi connectivity index (χ1n) is 10.5. The highest BCUT2D eigenvalue weighted by Gasteiger charge is 2.38. The molecule has 5 rings (SSSR count). The van der Waals surface area contributed by atoms with Crippen LogP contribution in [0.25, 0.3) is 22.4 Å². The highest BCUT2D eigenvalue weighted by atomic mass is 19.4. The smallest absolute Gasteiger partial charge is 0.475 e. The maximum Gasteiger partial charge on any atom is 0.490 e. The molecule has 0 radical (unpaired) electrons. The Morgan fingerprint density at radius 3 is 2.43 bits per heavy atom. The van der Waals surface area contributed by atoms with Gasteiger partial charge < -0.3 is 20.7 Å². The summed E-state index contributed by atoms with van der Waals surface area (Å²) in [5.41, 5.74) is 9.63. The van der Waals surface area contributed by atoms with Crippen LogP contribution >= 0.6 is 0 Å². The van der Waals surface area contributed by atoms with E-state index in [4.69, 9.17) is 15.6 Å². The van der Waals surface area contributed by atoms with Crippen molar-refractivity contribution in [3.8, 4) is 11.4 Å². The molecule has 5 N–H and O–H groups in total. The van der Waals surface area contributed by atoms with Gasteiger partial charge in [0.25, 0.3) is 5.91 Å². The molecule has 13 heteroatoms. The number of rotatable bonds is 5. The number of nitrogens with zero attached hydrogens (tertiary/aromatic N) is 4. The summed E-state index contributed by atoms with van der Waals surface area (Å²) >= 11 is 0. The first kappa shape index (κ1) is 23.9. The number of benzene rings is 2. The number of aromatic amines is 1. The van der Waals surface area contributed by atoms with Crippen LogP contribution in [0.4, 0.5) is 18.9 Å². The Bertz CT molecular complexity index is 1360. The molecular weight excluding hydrogens is 467 g/mol. The van der Waals surface area contributed by atoms with E-state index in [0.29, 0.717) is 35.5 Å². The number of nitrogens with two attached hydrogens (primary N) is 1. The van der Waals surface area contributed by atoms with Gasteiger partial charge in [-0.3, -0.25) is 9.89 Å². The van der Waals surface area contributed by atoms with Gasteiger partial charge in [0.1, 0.15) is 5.82 Å². The van der Waals surface area contributed by atoms with E-state index in [0.717, 1.165) is 16.6 Å². The molecule has 1 amide bonds. The Kier molecular flexibility index (Phi) is 6.51. The average Bonchev–Trinajstić information content (AvgIpc) is 3.40. The molecule has 0 saturated heterocycles. The number of aliphatic carboxylic acids is 1. The summed E-state index contributed by atoms with van der Waals surface area (Å²) in [5.74, 6) is -1.70. The molecule has 2 heterocycles. The highest BCUT2D eigenvalue weighted by Crippen LogP contribution is 2.37. The van der Waals surface area contributed by atoms with Crippen LogP contribution in [0.3, 0.4) is 0 Å². The Morgan fingerprint density at radius 2 is 1.86 bits per heavy atom. The van der Waals surface area contributed by atoms with Crippen LogP contribution in [0.2, 0.25) is 0 Å². The second-order valence-electron chi connectivity index (χ2n) is 7.73. The third-order valence-corrected chi connectivity index (χ3v) is 5.15. The summed E-state index contributed by atoms with van der Waals surface area (Å²) in [5, 5.41) is 17.0. The molecule has 0 atom stereocenters. The van der Waals surface area contributed by atoms with Crippen molar-refractivity contribution >= 4 is 28.6 Å². The number of aromatic nitrogens is 5. The van der Waals surface area contributed by atoms with E-state index >= 15 is 0 Å². The quantitative estimate of drug-likeness (QED) is 0.336. The van der Waals surface area contributed by atoms with Crippen molar-refractivity contribution in [2.24, 2.45) is 5.73 Å². The first-order valence-corrected chi connectivity index (χ1v) is 10.5. The summed E-state index contributed by atoms with van der Waals surface area (Å²) in [4.78, 5) is 30.3. The summed E-state index contributed by atoms with van der Waals surface area (Å²) in [6.07, 6.45) is -0.875. The Morgan fingerprint density at radius 1 is 1.17 bits per heavy atom. The fourth-order valence-corrected chi connectivity index (χ4v) is 3.23. The van der Waals surface area contributed by atoms with Gasteiger partial charge in [-0.2, -0.15) is 18.3 Å². The average molecular weight is 487 g/mol. The minimum absolute atomic E-state index is 0.151. The van der Waals surface area contributed by atoms with Gasteiger partial charge in [-0.05, 0) is 55.3 Å². The van der Waals surface area contributed by atoms with E-state index < -0.39 is 12.1 Å². The number of H-pyrrole nitrogens is 1.